The molecule has 0 radical (unpaired) electrons. The number of aryl methyl sites for hydroxylation is 1. The first kappa shape index (κ1) is 28.9. The third kappa shape index (κ3) is 7.85. The van der Waals surface area contributed by atoms with E-state index in [1.165, 1.54) is 4.90 Å². The van der Waals surface area contributed by atoms with Crippen LogP contribution in [0, 0.1) is 13.8 Å². The van der Waals surface area contributed by atoms with Gasteiger partial charge in [0.2, 0.25) is 21.8 Å². The molecule has 0 heterocycles. The van der Waals surface area contributed by atoms with Crippen molar-refractivity contribution >= 4 is 50.7 Å². The first-order valence-corrected chi connectivity index (χ1v) is 13.7. The third-order valence-electron chi connectivity index (χ3n) is 5.53. The van der Waals surface area contributed by atoms with Gasteiger partial charge in [-0.05, 0) is 76.4 Å². The van der Waals surface area contributed by atoms with Crippen LogP contribution in [-0.4, -0.2) is 49.5 Å². The average Bonchev–Trinajstić information content (AvgIpc) is 2.72. The molecule has 192 valence electrons. The van der Waals surface area contributed by atoms with Crippen LogP contribution in [0.4, 0.5) is 5.69 Å². The summed E-state index contributed by atoms with van der Waals surface area (Å²) in [6, 6.07) is 9.34. The Morgan fingerprint density at radius 3 is 2.23 bits per heavy atom. The van der Waals surface area contributed by atoms with E-state index in [4.69, 9.17) is 23.2 Å². The van der Waals surface area contributed by atoms with Gasteiger partial charge in [0.15, 0.2) is 0 Å². The summed E-state index contributed by atoms with van der Waals surface area (Å²) >= 11 is 12.2. The smallest absolute Gasteiger partial charge is 0.244 e. The number of amides is 2. The minimum Gasteiger partial charge on any atom is -0.350 e. The minimum atomic E-state index is -3.80. The molecule has 0 aliphatic rings. The van der Waals surface area contributed by atoms with E-state index in [1.54, 1.807) is 44.2 Å². The van der Waals surface area contributed by atoms with Gasteiger partial charge in [0.05, 0.1) is 22.0 Å². The highest BCUT2D eigenvalue weighted by molar-refractivity contribution is 7.92. The van der Waals surface area contributed by atoms with Gasteiger partial charge < -0.3 is 10.2 Å². The molecule has 1 atom stereocenters. The molecule has 2 aromatic carbocycles. The van der Waals surface area contributed by atoms with Crippen molar-refractivity contribution in [3.63, 3.8) is 0 Å². The molecule has 2 amide bonds. The van der Waals surface area contributed by atoms with Gasteiger partial charge in [-0.15, -0.1) is 0 Å². The van der Waals surface area contributed by atoms with Crippen LogP contribution >= 0.6 is 23.2 Å². The number of halogens is 2. The molecular formula is C25H33Cl2N3O4S. The lowest BCUT2D eigenvalue weighted by Gasteiger charge is -2.33. The quantitative estimate of drug-likeness (QED) is 0.524. The summed E-state index contributed by atoms with van der Waals surface area (Å²) in [6.45, 7) is 10.4. The Labute approximate surface area is 218 Å². The van der Waals surface area contributed by atoms with Gasteiger partial charge in [-0.25, -0.2) is 8.42 Å². The number of anilines is 1. The van der Waals surface area contributed by atoms with Crippen LogP contribution in [0.2, 0.25) is 10.0 Å². The Hall–Kier alpha value is -2.29. The summed E-state index contributed by atoms with van der Waals surface area (Å²) in [4.78, 5) is 28.0. The first-order chi connectivity index (χ1) is 16.0. The van der Waals surface area contributed by atoms with Crippen LogP contribution in [0.5, 0.6) is 0 Å². The number of nitrogens with zero attached hydrogens (tertiary/aromatic N) is 2. The van der Waals surface area contributed by atoms with Crippen molar-refractivity contribution in [2.24, 2.45) is 0 Å². The van der Waals surface area contributed by atoms with Crippen molar-refractivity contribution in [1.29, 1.82) is 0 Å². The van der Waals surface area contributed by atoms with Gasteiger partial charge in [-0.2, -0.15) is 0 Å². The van der Waals surface area contributed by atoms with Crippen LogP contribution in [-0.2, 0) is 26.2 Å². The van der Waals surface area contributed by atoms with E-state index in [1.807, 2.05) is 33.8 Å². The molecule has 1 unspecified atom stereocenters. The normalized spacial score (nSPS) is 12.7. The summed E-state index contributed by atoms with van der Waals surface area (Å²) < 4.78 is 26.5. The van der Waals surface area contributed by atoms with Crippen LogP contribution in [0.3, 0.4) is 0 Å². The SMILES string of the molecule is Cc1cccc(N(CC(=O)N(Cc2ccc(Cl)c(Cl)c2)C(C)C(=O)NC(C)(C)C)S(C)(=O)=O)c1C. The number of nitrogens with one attached hydrogen (secondary N) is 1. The fourth-order valence-electron chi connectivity index (χ4n) is 3.49. The maximum absolute atomic E-state index is 13.6. The first-order valence-electron chi connectivity index (χ1n) is 11.1. The topological polar surface area (TPSA) is 86.8 Å². The highest BCUT2D eigenvalue weighted by Gasteiger charge is 2.32. The van der Waals surface area contributed by atoms with E-state index < -0.39 is 34.1 Å². The van der Waals surface area contributed by atoms with Crippen molar-refractivity contribution in [3.05, 3.63) is 63.1 Å². The summed E-state index contributed by atoms with van der Waals surface area (Å²) in [7, 11) is -3.80. The number of hydrogen-bond donors (Lipinski definition) is 1. The fraction of sp³-hybridized carbons (Fsp3) is 0.440. The van der Waals surface area contributed by atoms with Crippen LogP contribution < -0.4 is 9.62 Å². The third-order valence-corrected chi connectivity index (χ3v) is 7.39. The van der Waals surface area contributed by atoms with E-state index in [0.29, 0.717) is 21.3 Å². The molecular weight excluding hydrogens is 509 g/mol. The lowest BCUT2D eigenvalue weighted by molar-refractivity contribution is -0.140. The lowest BCUT2D eigenvalue weighted by atomic mass is 10.1. The number of rotatable bonds is 8. The predicted molar refractivity (Wildman–Crippen MR) is 142 cm³/mol. The Balaban J connectivity index is 2.47. The number of benzene rings is 2. The maximum atomic E-state index is 13.6. The Bertz CT molecular complexity index is 1210. The van der Waals surface area contributed by atoms with Crippen LogP contribution in [0.1, 0.15) is 44.4 Å². The second-order valence-electron chi connectivity index (χ2n) is 9.67. The Morgan fingerprint density at radius 1 is 1.06 bits per heavy atom. The highest BCUT2D eigenvalue weighted by Crippen LogP contribution is 2.26. The second-order valence-corrected chi connectivity index (χ2v) is 12.4. The van der Waals surface area contributed by atoms with Gasteiger partial charge in [-0.3, -0.25) is 13.9 Å². The van der Waals surface area contributed by atoms with Gasteiger partial charge in [0.1, 0.15) is 12.6 Å². The summed E-state index contributed by atoms with van der Waals surface area (Å²) in [5, 5.41) is 3.56. The number of carbonyl (C=O) groups excluding carboxylic acids is 2. The fourth-order valence-corrected chi connectivity index (χ4v) is 4.71. The number of carbonyl (C=O) groups is 2. The molecule has 35 heavy (non-hydrogen) atoms. The largest absolute Gasteiger partial charge is 0.350 e. The van der Waals surface area contributed by atoms with Crippen molar-refractivity contribution in [2.75, 3.05) is 17.1 Å². The number of hydrogen-bond acceptors (Lipinski definition) is 4. The van der Waals surface area contributed by atoms with Gasteiger partial charge in [0, 0.05) is 12.1 Å². The monoisotopic (exact) mass is 541 g/mol. The summed E-state index contributed by atoms with van der Waals surface area (Å²) in [5.41, 5.74) is 2.21. The van der Waals surface area contributed by atoms with Gasteiger partial charge in [0.25, 0.3) is 0 Å². The molecule has 0 aromatic heterocycles. The molecule has 2 rings (SSSR count). The van der Waals surface area contributed by atoms with Crippen molar-refractivity contribution < 1.29 is 18.0 Å². The molecule has 0 spiro atoms. The second kappa shape index (κ2) is 11.2. The predicted octanol–water partition coefficient (Wildman–Crippen LogP) is 4.71. The van der Waals surface area contributed by atoms with Crippen molar-refractivity contribution in [1.82, 2.24) is 10.2 Å². The van der Waals surface area contributed by atoms with Crippen molar-refractivity contribution in [2.45, 2.75) is 59.7 Å². The summed E-state index contributed by atoms with van der Waals surface area (Å²) in [6.07, 6.45) is 1.06. The molecule has 0 aliphatic carbocycles. The van der Waals surface area contributed by atoms with Crippen LogP contribution in [0.25, 0.3) is 0 Å². The molecule has 0 aliphatic heterocycles. The van der Waals surface area contributed by atoms with E-state index in [9.17, 15) is 18.0 Å². The van der Waals surface area contributed by atoms with Crippen molar-refractivity contribution in [3.8, 4) is 0 Å². The molecule has 0 bridgehead atoms. The minimum absolute atomic E-state index is 0.0405. The average molecular weight is 543 g/mol. The summed E-state index contributed by atoms with van der Waals surface area (Å²) in [5.74, 6) is -0.887. The maximum Gasteiger partial charge on any atom is 0.244 e. The molecule has 0 fully saturated rings. The van der Waals surface area contributed by atoms with E-state index >= 15 is 0 Å². The molecule has 7 nitrogen and oxygen atoms in total. The standard InChI is InChI=1S/C25H33Cl2N3O4S/c1-16-9-8-10-22(17(16)2)30(35(7,33)34)15-23(31)29(18(3)24(32)28-25(4,5)6)14-19-11-12-20(26)21(27)13-19/h8-13,18H,14-15H2,1-7H3,(H,28,32). The van der Waals surface area contributed by atoms with E-state index in [2.05, 4.69) is 5.32 Å². The molecule has 0 saturated heterocycles. The lowest BCUT2D eigenvalue weighted by Crippen LogP contribution is -2.54. The molecule has 1 N–H and O–H groups in total. The van der Waals surface area contributed by atoms with E-state index in [0.717, 1.165) is 21.7 Å². The highest BCUT2D eigenvalue weighted by atomic mass is 35.5. The van der Waals surface area contributed by atoms with Crippen LogP contribution in [0.15, 0.2) is 36.4 Å². The zero-order chi connectivity index (χ0) is 26.7. The van der Waals surface area contributed by atoms with Gasteiger partial charge in [-0.1, -0.05) is 41.4 Å². The Kier molecular flexibility index (Phi) is 9.25. The molecule has 0 saturated carbocycles. The molecule has 2 aromatic rings. The van der Waals surface area contributed by atoms with E-state index in [-0.39, 0.29) is 12.5 Å². The Morgan fingerprint density at radius 2 is 1.69 bits per heavy atom. The molecule has 10 heteroatoms. The number of sulfonamides is 1. The zero-order valence-corrected chi connectivity index (χ0v) is 23.5. The zero-order valence-electron chi connectivity index (χ0n) is 21.1. The van der Waals surface area contributed by atoms with Gasteiger partial charge >= 0.3 is 0 Å².